The molecule has 3 N–H and O–H groups in total. The zero-order chi connectivity index (χ0) is 18.1. The third-order valence-corrected chi connectivity index (χ3v) is 6.83. The van der Waals surface area contributed by atoms with Crippen LogP contribution in [0.2, 0.25) is 0 Å². The van der Waals surface area contributed by atoms with Crippen molar-refractivity contribution in [2.45, 2.75) is 39.0 Å². The number of nitrogens with zero attached hydrogens (tertiary/aromatic N) is 1. The molecule has 1 saturated carbocycles. The Morgan fingerprint density at radius 2 is 2.20 bits per heavy atom. The van der Waals surface area contributed by atoms with Crippen LogP contribution in [0, 0.1) is 5.92 Å². The first kappa shape index (κ1) is 20.2. The number of sulfonamides is 1. The number of nitrogens with one attached hydrogen (secondary N) is 3. The van der Waals surface area contributed by atoms with Gasteiger partial charge in [0.05, 0.1) is 12.3 Å². The van der Waals surface area contributed by atoms with Crippen molar-refractivity contribution in [2.24, 2.45) is 10.9 Å². The van der Waals surface area contributed by atoms with Crippen molar-refractivity contribution in [2.75, 3.05) is 31.9 Å². The maximum Gasteiger partial charge on any atom is 0.213 e. The molecule has 2 rings (SSSR count). The molecular formula is C17H30N4O2S2. The number of aliphatic imine (C=N–C) groups is 1. The SMILES string of the molecule is CCNC(=NCC(C)c1cccs1)NCCS(=O)(=O)NCC1CCC1. The summed E-state index contributed by atoms with van der Waals surface area (Å²) in [6.45, 7) is 6.48. The Bertz CT molecular complexity index is 625. The number of hydrogen-bond donors (Lipinski definition) is 3. The standard InChI is InChI=1S/C17H30N4O2S2/c1-3-18-17(20-12-14(2)16-8-5-10-24-16)19-9-11-25(22,23)21-13-15-6-4-7-15/h5,8,10,14-15,21H,3-4,6-7,9,11-13H2,1-2H3,(H2,18,19,20). The summed E-state index contributed by atoms with van der Waals surface area (Å²) in [5, 5.41) is 8.35. The minimum absolute atomic E-state index is 0.0601. The molecule has 1 aliphatic rings. The molecule has 1 aromatic rings. The number of hydrogen-bond acceptors (Lipinski definition) is 4. The highest BCUT2D eigenvalue weighted by atomic mass is 32.2. The zero-order valence-corrected chi connectivity index (χ0v) is 16.8. The van der Waals surface area contributed by atoms with Crippen molar-refractivity contribution in [1.82, 2.24) is 15.4 Å². The van der Waals surface area contributed by atoms with Crippen molar-refractivity contribution in [3.05, 3.63) is 22.4 Å². The van der Waals surface area contributed by atoms with E-state index >= 15 is 0 Å². The van der Waals surface area contributed by atoms with Crippen LogP contribution in [0.15, 0.2) is 22.5 Å². The van der Waals surface area contributed by atoms with Crippen LogP contribution in [-0.2, 0) is 10.0 Å². The van der Waals surface area contributed by atoms with Crippen LogP contribution in [0.4, 0.5) is 0 Å². The predicted octanol–water partition coefficient (Wildman–Crippen LogP) is 2.13. The lowest BCUT2D eigenvalue weighted by atomic mass is 9.86. The van der Waals surface area contributed by atoms with Gasteiger partial charge in [-0.3, -0.25) is 4.99 Å². The monoisotopic (exact) mass is 386 g/mol. The Morgan fingerprint density at radius 3 is 2.80 bits per heavy atom. The molecule has 0 aliphatic heterocycles. The second-order valence-electron chi connectivity index (χ2n) is 6.53. The highest BCUT2D eigenvalue weighted by molar-refractivity contribution is 7.89. The fourth-order valence-corrected chi connectivity index (χ4v) is 4.33. The maximum atomic E-state index is 12.0. The average Bonchev–Trinajstić information content (AvgIpc) is 3.05. The molecule has 0 aromatic carbocycles. The van der Waals surface area contributed by atoms with E-state index in [-0.39, 0.29) is 5.75 Å². The fraction of sp³-hybridized carbons (Fsp3) is 0.706. The molecule has 25 heavy (non-hydrogen) atoms. The molecular weight excluding hydrogens is 356 g/mol. The number of guanidine groups is 1. The van der Waals surface area contributed by atoms with Crippen LogP contribution in [-0.4, -0.2) is 46.3 Å². The Hall–Kier alpha value is -1.12. The van der Waals surface area contributed by atoms with E-state index < -0.39 is 10.0 Å². The first-order chi connectivity index (χ1) is 12.0. The van der Waals surface area contributed by atoms with Gasteiger partial charge in [0, 0.05) is 30.4 Å². The molecule has 0 spiro atoms. The van der Waals surface area contributed by atoms with E-state index in [2.05, 4.69) is 38.7 Å². The summed E-state index contributed by atoms with van der Waals surface area (Å²) in [4.78, 5) is 5.88. The Balaban J connectivity index is 1.74. The Kier molecular flexibility index (Phi) is 8.18. The van der Waals surface area contributed by atoms with Crippen LogP contribution in [0.1, 0.15) is 43.9 Å². The quantitative estimate of drug-likeness (QED) is 0.425. The van der Waals surface area contributed by atoms with E-state index in [4.69, 9.17) is 0 Å². The first-order valence-corrected chi connectivity index (χ1v) is 11.6. The van der Waals surface area contributed by atoms with Crippen molar-refractivity contribution in [3.8, 4) is 0 Å². The van der Waals surface area contributed by atoms with Gasteiger partial charge >= 0.3 is 0 Å². The van der Waals surface area contributed by atoms with Gasteiger partial charge in [0.2, 0.25) is 10.0 Å². The van der Waals surface area contributed by atoms with Gasteiger partial charge in [-0.05, 0) is 37.1 Å². The first-order valence-electron chi connectivity index (χ1n) is 9.03. The van der Waals surface area contributed by atoms with Gasteiger partial charge in [0.25, 0.3) is 0 Å². The summed E-state index contributed by atoms with van der Waals surface area (Å²) in [5.74, 6) is 1.61. The van der Waals surface area contributed by atoms with Crippen LogP contribution in [0.5, 0.6) is 0 Å². The van der Waals surface area contributed by atoms with Crippen LogP contribution in [0.25, 0.3) is 0 Å². The highest BCUT2D eigenvalue weighted by Crippen LogP contribution is 2.25. The smallest absolute Gasteiger partial charge is 0.213 e. The summed E-state index contributed by atoms with van der Waals surface area (Å²) in [5.41, 5.74) is 0. The van der Waals surface area contributed by atoms with Gasteiger partial charge in [0.1, 0.15) is 0 Å². The van der Waals surface area contributed by atoms with Crippen LogP contribution < -0.4 is 15.4 Å². The number of thiophene rings is 1. The highest BCUT2D eigenvalue weighted by Gasteiger charge is 2.20. The Labute approximate surface area is 155 Å². The van der Waals surface area contributed by atoms with Gasteiger partial charge in [-0.2, -0.15) is 0 Å². The zero-order valence-electron chi connectivity index (χ0n) is 15.1. The molecule has 6 nitrogen and oxygen atoms in total. The van der Waals surface area contributed by atoms with Crippen molar-refractivity contribution >= 4 is 27.3 Å². The molecule has 1 aromatic heterocycles. The maximum absolute atomic E-state index is 12.0. The molecule has 0 radical (unpaired) electrons. The normalized spacial score (nSPS) is 17.1. The molecule has 1 unspecified atom stereocenters. The minimum atomic E-state index is -3.22. The van der Waals surface area contributed by atoms with E-state index in [0.717, 1.165) is 19.4 Å². The van der Waals surface area contributed by atoms with Gasteiger partial charge in [-0.15, -0.1) is 11.3 Å². The predicted molar refractivity (Wildman–Crippen MR) is 106 cm³/mol. The van der Waals surface area contributed by atoms with E-state index in [1.807, 2.05) is 13.0 Å². The lowest BCUT2D eigenvalue weighted by Gasteiger charge is -2.25. The molecule has 8 heteroatoms. The Morgan fingerprint density at radius 1 is 1.40 bits per heavy atom. The van der Waals surface area contributed by atoms with Crippen molar-refractivity contribution in [1.29, 1.82) is 0 Å². The molecule has 0 amide bonds. The third-order valence-electron chi connectivity index (χ3n) is 4.38. The van der Waals surface area contributed by atoms with Crippen molar-refractivity contribution < 1.29 is 8.42 Å². The van der Waals surface area contributed by atoms with E-state index in [1.165, 1.54) is 11.3 Å². The lowest BCUT2D eigenvalue weighted by Crippen LogP contribution is -2.42. The molecule has 0 saturated heterocycles. The topological polar surface area (TPSA) is 82.6 Å². The lowest BCUT2D eigenvalue weighted by molar-refractivity contribution is 0.316. The summed E-state index contributed by atoms with van der Waals surface area (Å²) in [6.07, 6.45) is 3.50. The van der Waals surface area contributed by atoms with Gasteiger partial charge < -0.3 is 10.6 Å². The van der Waals surface area contributed by atoms with E-state index in [0.29, 0.717) is 37.4 Å². The molecule has 1 aliphatic carbocycles. The molecule has 1 atom stereocenters. The largest absolute Gasteiger partial charge is 0.357 e. The van der Waals surface area contributed by atoms with Crippen LogP contribution in [0.3, 0.4) is 0 Å². The average molecular weight is 387 g/mol. The third kappa shape index (κ3) is 7.33. The molecule has 1 heterocycles. The summed E-state index contributed by atoms with van der Waals surface area (Å²) in [6, 6.07) is 4.16. The molecule has 1 fully saturated rings. The van der Waals surface area contributed by atoms with E-state index in [9.17, 15) is 8.42 Å². The summed E-state index contributed by atoms with van der Waals surface area (Å²) >= 11 is 1.73. The second kappa shape index (κ2) is 10.1. The van der Waals surface area contributed by atoms with Gasteiger partial charge in [-0.1, -0.05) is 19.4 Å². The van der Waals surface area contributed by atoms with Crippen molar-refractivity contribution in [3.63, 3.8) is 0 Å². The van der Waals surface area contributed by atoms with Gasteiger partial charge in [0.15, 0.2) is 5.96 Å². The summed E-state index contributed by atoms with van der Waals surface area (Å²) in [7, 11) is -3.22. The number of rotatable bonds is 10. The summed E-state index contributed by atoms with van der Waals surface area (Å²) < 4.78 is 26.8. The minimum Gasteiger partial charge on any atom is -0.357 e. The van der Waals surface area contributed by atoms with Gasteiger partial charge in [-0.25, -0.2) is 13.1 Å². The molecule has 0 bridgehead atoms. The molecule has 142 valence electrons. The van der Waals surface area contributed by atoms with E-state index in [1.54, 1.807) is 11.3 Å². The second-order valence-corrected chi connectivity index (χ2v) is 9.43. The fourth-order valence-electron chi connectivity index (χ4n) is 2.55. The van der Waals surface area contributed by atoms with Crippen LogP contribution >= 0.6 is 11.3 Å².